The number of aryl methyl sites for hydroxylation is 1. The van der Waals surface area contributed by atoms with Crippen LogP contribution in [0.5, 0.6) is 0 Å². The predicted octanol–water partition coefficient (Wildman–Crippen LogP) is 1.59. The van der Waals surface area contributed by atoms with Gasteiger partial charge in [0.1, 0.15) is 0 Å². The van der Waals surface area contributed by atoms with Gasteiger partial charge in [-0.3, -0.25) is 9.78 Å². The van der Waals surface area contributed by atoms with Gasteiger partial charge in [-0.2, -0.15) is 4.31 Å². The molecule has 0 aliphatic rings. The third-order valence-corrected chi connectivity index (χ3v) is 4.95. The Bertz CT molecular complexity index is 765. The zero-order valence-electron chi connectivity index (χ0n) is 14.3. The highest BCUT2D eigenvalue weighted by Gasteiger charge is 2.17. The number of amides is 1. The van der Waals surface area contributed by atoms with Crippen LogP contribution in [0.3, 0.4) is 0 Å². The molecule has 25 heavy (non-hydrogen) atoms. The fourth-order valence-electron chi connectivity index (χ4n) is 2.35. The second kappa shape index (κ2) is 9.29. The number of carbonyl (C=O) groups is 1. The lowest BCUT2D eigenvalue weighted by Crippen LogP contribution is -2.37. The van der Waals surface area contributed by atoms with Crippen molar-refractivity contribution in [3.63, 3.8) is 0 Å². The number of aromatic nitrogens is 1. The predicted molar refractivity (Wildman–Crippen MR) is 97.3 cm³/mol. The molecule has 0 spiro atoms. The van der Waals surface area contributed by atoms with Crippen LogP contribution >= 0.6 is 0 Å². The minimum Gasteiger partial charge on any atom is -0.355 e. The Morgan fingerprint density at radius 3 is 2.48 bits per heavy atom. The van der Waals surface area contributed by atoms with Crippen LogP contribution in [0.2, 0.25) is 0 Å². The Hall–Kier alpha value is -2.25. The van der Waals surface area contributed by atoms with E-state index in [4.69, 9.17) is 0 Å². The average molecular weight is 361 g/mol. The summed E-state index contributed by atoms with van der Waals surface area (Å²) < 4.78 is 25.1. The lowest BCUT2D eigenvalue weighted by molar-refractivity contribution is -0.121. The van der Waals surface area contributed by atoms with E-state index in [1.165, 1.54) is 4.31 Å². The number of carbonyl (C=O) groups excluding carboxylic acids is 1. The first-order chi connectivity index (χ1) is 11.9. The Labute approximate surface area is 148 Å². The first-order valence-corrected chi connectivity index (χ1v) is 9.95. The second-order valence-corrected chi connectivity index (χ2v) is 7.74. The highest BCUT2D eigenvalue weighted by molar-refractivity contribution is 7.88. The molecule has 1 aromatic heterocycles. The number of benzene rings is 1. The van der Waals surface area contributed by atoms with E-state index in [9.17, 15) is 13.2 Å². The third kappa shape index (κ3) is 7.03. The van der Waals surface area contributed by atoms with Crippen LogP contribution in [0.1, 0.15) is 17.7 Å². The summed E-state index contributed by atoms with van der Waals surface area (Å²) in [6.07, 6.45) is 3.83. The molecule has 0 fully saturated rings. The van der Waals surface area contributed by atoms with Crippen LogP contribution < -0.4 is 5.32 Å². The molecule has 7 heteroatoms. The highest BCUT2D eigenvalue weighted by atomic mass is 32.2. The standard InChI is InChI=1S/C18H23N3O3S/c1-25(23,24)21(15-17-9-5-6-12-19-17)14-13-20-18(22)11-10-16-7-3-2-4-8-16/h2-9,12H,10-11,13-15H2,1H3,(H,20,22). The molecule has 0 radical (unpaired) electrons. The van der Waals surface area contributed by atoms with Crippen molar-refractivity contribution in [2.75, 3.05) is 19.3 Å². The molecule has 1 heterocycles. The molecule has 0 unspecified atom stereocenters. The topological polar surface area (TPSA) is 79.4 Å². The third-order valence-electron chi connectivity index (χ3n) is 3.70. The van der Waals surface area contributed by atoms with Crippen LogP contribution in [-0.4, -0.2) is 43.0 Å². The van der Waals surface area contributed by atoms with E-state index < -0.39 is 10.0 Å². The number of rotatable bonds is 9. The highest BCUT2D eigenvalue weighted by Crippen LogP contribution is 2.05. The summed E-state index contributed by atoms with van der Waals surface area (Å²) in [5, 5.41) is 2.78. The van der Waals surface area contributed by atoms with Crippen LogP contribution in [0.4, 0.5) is 0 Å². The van der Waals surface area contributed by atoms with Gasteiger partial charge in [0.25, 0.3) is 0 Å². The molecule has 0 atom stereocenters. The summed E-state index contributed by atoms with van der Waals surface area (Å²) in [4.78, 5) is 16.1. The Kier molecular flexibility index (Phi) is 7.09. The van der Waals surface area contributed by atoms with Crippen molar-refractivity contribution in [3.05, 3.63) is 66.0 Å². The summed E-state index contributed by atoms with van der Waals surface area (Å²) in [5.74, 6) is -0.0878. The van der Waals surface area contributed by atoms with Gasteiger partial charge in [0.2, 0.25) is 15.9 Å². The maximum atomic E-state index is 11.9. The summed E-state index contributed by atoms with van der Waals surface area (Å²) >= 11 is 0. The van der Waals surface area contributed by atoms with Gasteiger partial charge < -0.3 is 5.32 Å². The first kappa shape index (κ1) is 19.1. The molecule has 2 rings (SSSR count). The van der Waals surface area contributed by atoms with Crippen LogP contribution in [-0.2, 0) is 27.8 Å². The van der Waals surface area contributed by atoms with E-state index in [1.54, 1.807) is 18.3 Å². The monoisotopic (exact) mass is 361 g/mol. The molecular formula is C18H23N3O3S. The van der Waals surface area contributed by atoms with Crippen molar-refractivity contribution in [2.45, 2.75) is 19.4 Å². The van der Waals surface area contributed by atoms with Crippen molar-refractivity contribution >= 4 is 15.9 Å². The molecule has 0 saturated heterocycles. The molecule has 0 bridgehead atoms. The molecule has 0 aliphatic carbocycles. The van der Waals surface area contributed by atoms with Gasteiger partial charge in [0.05, 0.1) is 18.5 Å². The first-order valence-electron chi connectivity index (χ1n) is 8.11. The molecular weight excluding hydrogens is 338 g/mol. The van der Waals surface area contributed by atoms with Crippen molar-refractivity contribution in [3.8, 4) is 0 Å². The summed E-state index contributed by atoms with van der Waals surface area (Å²) in [7, 11) is -3.37. The van der Waals surface area contributed by atoms with Crippen molar-refractivity contribution in [1.82, 2.24) is 14.6 Å². The summed E-state index contributed by atoms with van der Waals surface area (Å²) in [6.45, 7) is 0.680. The minimum atomic E-state index is -3.37. The van der Waals surface area contributed by atoms with Crippen LogP contribution in [0.25, 0.3) is 0 Å². The van der Waals surface area contributed by atoms with Gasteiger partial charge in [-0.1, -0.05) is 36.4 Å². The van der Waals surface area contributed by atoms with E-state index in [0.717, 1.165) is 11.8 Å². The lowest BCUT2D eigenvalue weighted by atomic mass is 10.1. The van der Waals surface area contributed by atoms with E-state index in [1.807, 2.05) is 36.4 Å². The fourth-order valence-corrected chi connectivity index (χ4v) is 3.14. The molecule has 1 N–H and O–H groups in total. The fraction of sp³-hybridized carbons (Fsp3) is 0.333. The second-order valence-electron chi connectivity index (χ2n) is 5.75. The SMILES string of the molecule is CS(=O)(=O)N(CCNC(=O)CCc1ccccc1)Cc1ccccn1. The average Bonchev–Trinajstić information content (AvgIpc) is 2.60. The van der Waals surface area contributed by atoms with E-state index in [2.05, 4.69) is 10.3 Å². The number of nitrogens with zero attached hydrogens (tertiary/aromatic N) is 2. The van der Waals surface area contributed by atoms with Crippen molar-refractivity contribution in [2.24, 2.45) is 0 Å². The van der Waals surface area contributed by atoms with Crippen LogP contribution in [0.15, 0.2) is 54.7 Å². The summed E-state index contributed by atoms with van der Waals surface area (Å²) in [5.41, 5.74) is 1.77. The quantitative estimate of drug-likeness (QED) is 0.736. The number of hydrogen-bond donors (Lipinski definition) is 1. The molecule has 134 valence electrons. The smallest absolute Gasteiger partial charge is 0.220 e. The zero-order valence-corrected chi connectivity index (χ0v) is 15.1. The largest absolute Gasteiger partial charge is 0.355 e. The number of sulfonamides is 1. The van der Waals surface area contributed by atoms with E-state index in [-0.39, 0.29) is 25.5 Å². The van der Waals surface area contributed by atoms with Gasteiger partial charge >= 0.3 is 0 Å². The molecule has 0 saturated carbocycles. The molecule has 1 aromatic carbocycles. The lowest BCUT2D eigenvalue weighted by Gasteiger charge is -2.19. The molecule has 2 aromatic rings. The molecule has 0 aliphatic heterocycles. The Morgan fingerprint density at radius 2 is 1.84 bits per heavy atom. The van der Waals surface area contributed by atoms with Gasteiger partial charge in [-0.05, 0) is 24.1 Å². The van der Waals surface area contributed by atoms with Gasteiger partial charge in [-0.15, -0.1) is 0 Å². The molecule has 6 nitrogen and oxygen atoms in total. The van der Waals surface area contributed by atoms with Gasteiger partial charge in [0, 0.05) is 25.7 Å². The normalized spacial score (nSPS) is 11.4. The number of nitrogens with one attached hydrogen (secondary N) is 1. The van der Waals surface area contributed by atoms with Crippen molar-refractivity contribution < 1.29 is 13.2 Å². The molecule has 1 amide bonds. The van der Waals surface area contributed by atoms with Crippen LogP contribution in [0, 0.1) is 0 Å². The van der Waals surface area contributed by atoms with Gasteiger partial charge in [-0.25, -0.2) is 8.42 Å². The Morgan fingerprint density at radius 1 is 1.12 bits per heavy atom. The maximum Gasteiger partial charge on any atom is 0.220 e. The van der Waals surface area contributed by atoms with E-state index >= 15 is 0 Å². The van der Waals surface area contributed by atoms with Crippen molar-refractivity contribution in [1.29, 1.82) is 0 Å². The Balaban J connectivity index is 1.79. The minimum absolute atomic E-state index is 0.0878. The number of pyridine rings is 1. The van der Waals surface area contributed by atoms with Gasteiger partial charge in [0.15, 0.2) is 0 Å². The number of hydrogen-bond acceptors (Lipinski definition) is 4. The summed E-state index contributed by atoms with van der Waals surface area (Å²) in [6, 6.07) is 15.1. The zero-order chi connectivity index (χ0) is 18.1. The van der Waals surface area contributed by atoms with E-state index in [0.29, 0.717) is 18.5 Å². The maximum absolute atomic E-state index is 11.9.